The fraction of sp³-hybridized carbons (Fsp3) is 0.526. The fourth-order valence-electron chi connectivity index (χ4n) is 3.07. The van der Waals surface area contributed by atoms with E-state index in [-0.39, 0.29) is 22.6 Å². The van der Waals surface area contributed by atoms with Crippen LogP contribution in [0.15, 0.2) is 33.9 Å². The van der Waals surface area contributed by atoms with Gasteiger partial charge in [0.2, 0.25) is 11.8 Å². The Morgan fingerprint density at radius 3 is 2.56 bits per heavy atom. The van der Waals surface area contributed by atoms with Crippen molar-refractivity contribution in [3.8, 4) is 11.5 Å². The highest BCUT2D eigenvalue weighted by Gasteiger charge is 2.27. The summed E-state index contributed by atoms with van der Waals surface area (Å²) in [5.74, 6) is 0.692. The van der Waals surface area contributed by atoms with Crippen LogP contribution in [0.25, 0.3) is 11.5 Å². The number of benzene rings is 1. The van der Waals surface area contributed by atoms with Gasteiger partial charge < -0.3 is 9.73 Å². The molecule has 0 bridgehead atoms. The molecule has 0 aliphatic carbocycles. The van der Waals surface area contributed by atoms with Crippen molar-refractivity contribution in [3.05, 3.63) is 29.8 Å². The molecule has 1 aromatic carbocycles. The highest BCUT2D eigenvalue weighted by atomic mass is 32.2. The highest BCUT2D eigenvalue weighted by molar-refractivity contribution is 7.99. The Morgan fingerprint density at radius 1 is 1.20 bits per heavy atom. The van der Waals surface area contributed by atoms with E-state index in [1.165, 1.54) is 11.8 Å². The van der Waals surface area contributed by atoms with Crippen molar-refractivity contribution < 1.29 is 9.21 Å². The normalized spacial score (nSPS) is 12.2. The molecule has 0 aliphatic heterocycles. The molecule has 5 nitrogen and oxygen atoms in total. The Labute approximate surface area is 154 Å². The molecule has 1 heterocycles. The monoisotopic (exact) mass is 361 g/mol. The first kappa shape index (κ1) is 19.5. The molecule has 0 saturated carbocycles. The van der Waals surface area contributed by atoms with Crippen molar-refractivity contribution in [2.24, 2.45) is 5.41 Å². The standard InChI is InChI=1S/C19H27N3O2S/c1-13-8-7-9-14(10-13)16-21-22-17(24-16)25-11-15(23)20-19(5,6)12-18(2,3)4/h7-10H,11-12H2,1-6H3,(H,20,23). The Morgan fingerprint density at radius 2 is 1.92 bits per heavy atom. The summed E-state index contributed by atoms with van der Waals surface area (Å²) < 4.78 is 5.65. The molecule has 2 rings (SSSR count). The molecule has 0 unspecified atom stereocenters. The number of hydrogen-bond acceptors (Lipinski definition) is 5. The molecule has 25 heavy (non-hydrogen) atoms. The molecule has 1 amide bonds. The first-order valence-electron chi connectivity index (χ1n) is 8.38. The van der Waals surface area contributed by atoms with Crippen LogP contribution < -0.4 is 5.32 Å². The predicted molar refractivity (Wildman–Crippen MR) is 101 cm³/mol. The Balaban J connectivity index is 1.90. The van der Waals surface area contributed by atoms with E-state index >= 15 is 0 Å². The minimum Gasteiger partial charge on any atom is -0.411 e. The van der Waals surface area contributed by atoms with Gasteiger partial charge in [-0.25, -0.2) is 0 Å². The third kappa shape index (κ3) is 6.53. The van der Waals surface area contributed by atoms with Crippen molar-refractivity contribution in [1.82, 2.24) is 15.5 Å². The van der Waals surface area contributed by atoms with Crippen molar-refractivity contribution >= 4 is 17.7 Å². The number of nitrogens with one attached hydrogen (secondary N) is 1. The maximum Gasteiger partial charge on any atom is 0.277 e. The number of nitrogens with zero attached hydrogens (tertiary/aromatic N) is 2. The summed E-state index contributed by atoms with van der Waals surface area (Å²) in [6.45, 7) is 12.6. The molecular formula is C19H27N3O2S. The minimum atomic E-state index is -0.253. The maximum absolute atomic E-state index is 12.2. The lowest BCUT2D eigenvalue weighted by Crippen LogP contribution is -2.46. The smallest absolute Gasteiger partial charge is 0.277 e. The number of aromatic nitrogens is 2. The van der Waals surface area contributed by atoms with E-state index in [4.69, 9.17) is 4.42 Å². The van der Waals surface area contributed by atoms with Crippen LogP contribution in [0.5, 0.6) is 0 Å². The second-order valence-corrected chi connectivity index (χ2v) is 9.13. The topological polar surface area (TPSA) is 68.0 Å². The second-order valence-electron chi connectivity index (χ2n) is 8.20. The molecule has 6 heteroatoms. The summed E-state index contributed by atoms with van der Waals surface area (Å²) in [7, 11) is 0. The predicted octanol–water partition coefficient (Wildman–Crippen LogP) is 4.47. The van der Waals surface area contributed by atoms with Crippen molar-refractivity contribution in [2.45, 2.75) is 58.7 Å². The summed E-state index contributed by atoms with van der Waals surface area (Å²) in [4.78, 5) is 12.2. The molecule has 1 N–H and O–H groups in total. The van der Waals surface area contributed by atoms with Gasteiger partial charge in [-0.15, -0.1) is 10.2 Å². The van der Waals surface area contributed by atoms with Gasteiger partial charge in [-0.1, -0.05) is 50.2 Å². The first-order chi connectivity index (χ1) is 11.5. The molecule has 0 aliphatic rings. The zero-order chi connectivity index (χ0) is 18.7. The third-order valence-corrected chi connectivity index (χ3v) is 4.27. The third-order valence-electron chi connectivity index (χ3n) is 3.45. The van der Waals surface area contributed by atoms with Gasteiger partial charge in [0.25, 0.3) is 5.22 Å². The van der Waals surface area contributed by atoms with Crippen LogP contribution in [0, 0.1) is 12.3 Å². The van der Waals surface area contributed by atoms with E-state index in [9.17, 15) is 4.79 Å². The van der Waals surface area contributed by atoms with Gasteiger partial charge in [-0.3, -0.25) is 4.79 Å². The largest absolute Gasteiger partial charge is 0.411 e. The summed E-state index contributed by atoms with van der Waals surface area (Å²) in [6.07, 6.45) is 0.897. The molecular weight excluding hydrogens is 334 g/mol. The van der Waals surface area contributed by atoms with E-state index in [1.54, 1.807) is 0 Å². The van der Waals surface area contributed by atoms with Gasteiger partial charge in [0, 0.05) is 11.1 Å². The first-order valence-corrected chi connectivity index (χ1v) is 9.37. The lowest BCUT2D eigenvalue weighted by atomic mass is 9.82. The summed E-state index contributed by atoms with van der Waals surface area (Å²) in [6, 6.07) is 7.88. The van der Waals surface area contributed by atoms with Crippen LogP contribution >= 0.6 is 11.8 Å². The van der Waals surface area contributed by atoms with Crippen LogP contribution in [0.2, 0.25) is 0 Å². The Bertz CT molecular complexity index is 732. The maximum atomic E-state index is 12.2. The summed E-state index contributed by atoms with van der Waals surface area (Å²) in [5.41, 5.74) is 1.91. The highest BCUT2D eigenvalue weighted by Crippen LogP contribution is 2.27. The molecule has 0 spiro atoms. The average Bonchev–Trinajstić information content (AvgIpc) is 2.90. The van der Waals surface area contributed by atoms with Gasteiger partial charge in [0.15, 0.2) is 0 Å². The van der Waals surface area contributed by atoms with Gasteiger partial charge in [0.05, 0.1) is 5.75 Å². The number of aryl methyl sites for hydroxylation is 1. The van der Waals surface area contributed by atoms with Crippen molar-refractivity contribution in [3.63, 3.8) is 0 Å². The van der Waals surface area contributed by atoms with Crippen LogP contribution in [0.3, 0.4) is 0 Å². The lowest BCUT2D eigenvalue weighted by molar-refractivity contribution is -0.120. The van der Waals surface area contributed by atoms with Gasteiger partial charge in [-0.05, 0) is 44.7 Å². The SMILES string of the molecule is Cc1cccc(-c2nnc(SCC(=O)NC(C)(C)CC(C)(C)C)o2)c1. The van der Waals surface area contributed by atoms with E-state index < -0.39 is 0 Å². The number of carbonyl (C=O) groups is 1. The number of rotatable bonds is 6. The van der Waals surface area contributed by atoms with Crippen LogP contribution in [0.4, 0.5) is 0 Å². The average molecular weight is 362 g/mol. The van der Waals surface area contributed by atoms with E-state index in [1.807, 2.05) is 45.0 Å². The second kappa shape index (κ2) is 7.60. The number of thioether (sulfide) groups is 1. The summed E-state index contributed by atoms with van der Waals surface area (Å²) in [5, 5.41) is 11.6. The number of amides is 1. The molecule has 0 saturated heterocycles. The fourth-order valence-corrected chi connectivity index (χ4v) is 3.64. The number of hydrogen-bond donors (Lipinski definition) is 1. The molecule has 0 radical (unpaired) electrons. The van der Waals surface area contributed by atoms with Gasteiger partial charge >= 0.3 is 0 Å². The molecule has 0 atom stereocenters. The van der Waals surface area contributed by atoms with Crippen LogP contribution in [0.1, 0.15) is 46.6 Å². The van der Waals surface area contributed by atoms with E-state index in [2.05, 4.69) is 36.3 Å². The zero-order valence-electron chi connectivity index (χ0n) is 15.8. The molecule has 1 aromatic heterocycles. The van der Waals surface area contributed by atoms with Crippen LogP contribution in [-0.4, -0.2) is 27.4 Å². The van der Waals surface area contributed by atoms with Crippen LogP contribution in [-0.2, 0) is 4.79 Å². The summed E-state index contributed by atoms with van der Waals surface area (Å²) >= 11 is 1.25. The van der Waals surface area contributed by atoms with Gasteiger partial charge in [0.1, 0.15) is 0 Å². The Hall–Kier alpha value is -1.82. The minimum absolute atomic E-state index is 0.0328. The molecule has 0 fully saturated rings. The van der Waals surface area contributed by atoms with Gasteiger partial charge in [-0.2, -0.15) is 0 Å². The van der Waals surface area contributed by atoms with Crippen molar-refractivity contribution in [2.75, 3.05) is 5.75 Å². The lowest BCUT2D eigenvalue weighted by Gasteiger charge is -2.33. The molecule has 136 valence electrons. The zero-order valence-corrected chi connectivity index (χ0v) is 16.7. The Kier molecular flexibility index (Phi) is 5.93. The van der Waals surface area contributed by atoms with Crippen molar-refractivity contribution in [1.29, 1.82) is 0 Å². The molecule has 2 aromatic rings. The van der Waals surface area contributed by atoms with E-state index in [0.717, 1.165) is 17.5 Å². The quantitative estimate of drug-likeness (QED) is 0.769. The number of carbonyl (C=O) groups excluding carboxylic acids is 1. The van der Waals surface area contributed by atoms with E-state index in [0.29, 0.717) is 11.1 Å².